The number of carboxylic acids is 1. The number of carbonyl (C=O) groups is 2. The number of amides is 1. The molecular weight excluding hydrogens is 498 g/mol. The van der Waals surface area contributed by atoms with Crippen molar-refractivity contribution in [3.8, 4) is 16.9 Å². The summed E-state index contributed by atoms with van der Waals surface area (Å²) >= 11 is 0. The molecule has 40 heavy (non-hydrogen) atoms. The quantitative estimate of drug-likeness (QED) is 0.211. The van der Waals surface area contributed by atoms with Gasteiger partial charge in [0, 0.05) is 13.6 Å². The van der Waals surface area contributed by atoms with Crippen LogP contribution >= 0.6 is 0 Å². The molecule has 5 nitrogen and oxygen atoms in total. The van der Waals surface area contributed by atoms with Crippen molar-refractivity contribution in [2.24, 2.45) is 0 Å². The van der Waals surface area contributed by atoms with Gasteiger partial charge in [0.1, 0.15) is 12.4 Å². The number of benzene rings is 5. The molecule has 0 aliphatic rings. The number of hydrogen-bond acceptors (Lipinski definition) is 3. The smallest absolute Gasteiger partial charge is 0.335 e. The highest BCUT2D eigenvalue weighted by Crippen LogP contribution is 2.28. The van der Waals surface area contributed by atoms with E-state index in [-0.39, 0.29) is 17.9 Å². The molecule has 0 saturated heterocycles. The van der Waals surface area contributed by atoms with Crippen LogP contribution in [0.25, 0.3) is 21.9 Å². The lowest BCUT2D eigenvalue weighted by atomic mass is 9.98. The maximum absolute atomic E-state index is 13.1. The minimum Gasteiger partial charge on any atom is -0.489 e. The number of rotatable bonds is 10. The highest BCUT2D eigenvalue weighted by Gasteiger charge is 2.16. The van der Waals surface area contributed by atoms with Crippen LogP contribution in [0.1, 0.15) is 27.0 Å². The van der Waals surface area contributed by atoms with Crippen LogP contribution in [0.2, 0.25) is 0 Å². The highest BCUT2D eigenvalue weighted by atomic mass is 16.5. The van der Waals surface area contributed by atoms with Gasteiger partial charge in [0.15, 0.2) is 0 Å². The Balaban J connectivity index is 1.29. The first-order chi connectivity index (χ1) is 19.5. The van der Waals surface area contributed by atoms with Crippen molar-refractivity contribution in [1.29, 1.82) is 0 Å². The predicted molar refractivity (Wildman–Crippen MR) is 159 cm³/mol. The van der Waals surface area contributed by atoms with Crippen molar-refractivity contribution in [1.82, 2.24) is 4.90 Å². The third-order valence-corrected chi connectivity index (χ3v) is 7.07. The zero-order valence-corrected chi connectivity index (χ0v) is 22.4. The van der Waals surface area contributed by atoms with E-state index in [1.807, 2.05) is 78.9 Å². The van der Waals surface area contributed by atoms with Crippen LogP contribution in [0.3, 0.4) is 0 Å². The number of likely N-dealkylation sites (N-methyl/N-ethyl adjacent to an activating group) is 1. The Bertz CT molecular complexity index is 1610. The van der Waals surface area contributed by atoms with Crippen LogP contribution in [0.15, 0.2) is 115 Å². The Morgan fingerprint density at radius 3 is 2.12 bits per heavy atom. The second-order valence-electron chi connectivity index (χ2n) is 9.90. The number of carboxylic acid groups (broad SMARTS) is 1. The van der Waals surface area contributed by atoms with Gasteiger partial charge in [-0.1, -0.05) is 91.0 Å². The van der Waals surface area contributed by atoms with E-state index in [2.05, 4.69) is 24.3 Å². The van der Waals surface area contributed by atoms with Gasteiger partial charge in [-0.05, 0) is 69.3 Å². The normalized spacial score (nSPS) is 10.8. The van der Waals surface area contributed by atoms with Crippen molar-refractivity contribution < 1.29 is 19.4 Å². The molecule has 0 atom stereocenters. The Morgan fingerprint density at radius 1 is 0.750 bits per heavy atom. The molecule has 5 rings (SSSR count). The lowest BCUT2D eigenvalue weighted by Crippen LogP contribution is -2.30. The Morgan fingerprint density at radius 2 is 1.43 bits per heavy atom. The van der Waals surface area contributed by atoms with E-state index in [0.717, 1.165) is 33.9 Å². The average molecular weight is 530 g/mol. The SMILES string of the molecule is CN(CCc1ccccc1)C(=O)Cc1cc(C(=O)O)cc2cc(OCc3ccc(-c4ccccc4)cc3)ccc12. The summed E-state index contributed by atoms with van der Waals surface area (Å²) in [5.74, 6) is -0.448. The topological polar surface area (TPSA) is 66.8 Å². The molecule has 1 N–H and O–H groups in total. The standard InChI is InChI=1S/C35H31NO4/c1-36(19-18-25-8-4-2-5-9-25)34(37)23-30-21-31(35(38)39)20-29-22-32(16-17-33(29)30)40-24-26-12-14-28(15-13-26)27-10-6-3-7-11-27/h2-17,20-22H,18-19,23-24H2,1H3,(H,38,39). The zero-order valence-electron chi connectivity index (χ0n) is 22.4. The summed E-state index contributed by atoms with van der Waals surface area (Å²) in [6, 6.07) is 37.3. The Labute approximate surface area is 234 Å². The van der Waals surface area contributed by atoms with Gasteiger partial charge in [0.2, 0.25) is 5.91 Å². The maximum atomic E-state index is 13.1. The first kappa shape index (κ1) is 26.7. The molecule has 200 valence electrons. The lowest BCUT2D eigenvalue weighted by Gasteiger charge is -2.18. The fraction of sp³-hybridized carbons (Fsp3) is 0.143. The predicted octanol–water partition coefficient (Wildman–Crippen LogP) is 7.03. The van der Waals surface area contributed by atoms with E-state index in [4.69, 9.17) is 4.74 Å². The molecule has 5 heteroatoms. The molecular formula is C35H31NO4. The number of ether oxygens (including phenoxy) is 1. The monoisotopic (exact) mass is 529 g/mol. The van der Waals surface area contributed by atoms with E-state index in [0.29, 0.717) is 24.5 Å². The van der Waals surface area contributed by atoms with Gasteiger partial charge in [-0.2, -0.15) is 0 Å². The van der Waals surface area contributed by atoms with Gasteiger partial charge >= 0.3 is 5.97 Å². The summed E-state index contributed by atoms with van der Waals surface area (Å²) in [5, 5.41) is 11.3. The summed E-state index contributed by atoms with van der Waals surface area (Å²) in [6.45, 7) is 0.973. The molecule has 0 radical (unpaired) electrons. The molecule has 1 amide bonds. The molecule has 0 aromatic heterocycles. The Hall–Kier alpha value is -4.90. The fourth-order valence-corrected chi connectivity index (χ4v) is 4.74. The van der Waals surface area contributed by atoms with Crippen LogP contribution in [0.5, 0.6) is 5.75 Å². The number of hydrogen-bond donors (Lipinski definition) is 1. The summed E-state index contributed by atoms with van der Waals surface area (Å²) in [5.41, 5.74) is 5.34. The number of fused-ring (bicyclic) bond motifs is 1. The van der Waals surface area contributed by atoms with Crippen molar-refractivity contribution in [2.75, 3.05) is 13.6 Å². The van der Waals surface area contributed by atoms with E-state index in [1.54, 1.807) is 24.1 Å². The van der Waals surface area contributed by atoms with E-state index < -0.39 is 5.97 Å². The molecule has 0 fully saturated rings. The summed E-state index contributed by atoms with van der Waals surface area (Å²) < 4.78 is 6.06. The van der Waals surface area contributed by atoms with Crippen LogP contribution in [0.4, 0.5) is 0 Å². The summed E-state index contributed by atoms with van der Waals surface area (Å²) in [7, 11) is 1.78. The van der Waals surface area contributed by atoms with Gasteiger partial charge in [-0.25, -0.2) is 4.79 Å². The second-order valence-corrected chi connectivity index (χ2v) is 9.90. The van der Waals surface area contributed by atoms with E-state index in [1.165, 1.54) is 5.56 Å². The van der Waals surface area contributed by atoms with Crippen LogP contribution in [-0.4, -0.2) is 35.5 Å². The van der Waals surface area contributed by atoms with Crippen molar-refractivity contribution >= 4 is 22.6 Å². The number of carbonyl (C=O) groups excluding carboxylic acids is 1. The largest absolute Gasteiger partial charge is 0.489 e. The summed E-state index contributed by atoms with van der Waals surface area (Å²) in [6.07, 6.45) is 0.881. The van der Waals surface area contributed by atoms with Gasteiger partial charge in [-0.15, -0.1) is 0 Å². The second kappa shape index (κ2) is 12.3. The zero-order chi connectivity index (χ0) is 27.9. The van der Waals surface area contributed by atoms with Crippen LogP contribution < -0.4 is 4.74 Å². The maximum Gasteiger partial charge on any atom is 0.335 e. The van der Waals surface area contributed by atoms with Gasteiger partial charge in [0.05, 0.1) is 12.0 Å². The van der Waals surface area contributed by atoms with E-state index >= 15 is 0 Å². The fourth-order valence-electron chi connectivity index (χ4n) is 4.74. The molecule has 0 heterocycles. The third kappa shape index (κ3) is 6.56. The molecule has 0 saturated carbocycles. The molecule has 5 aromatic rings. The molecule has 0 bridgehead atoms. The number of aromatic carboxylic acids is 1. The van der Waals surface area contributed by atoms with Crippen molar-refractivity contribution in [3.05, 3.63) is 138 Å². The third-order valence-electron chi connectivity index (χ3n) is 7.07. The van der Waals surface area contributed by atoms with Gasteiger partial charge < -0.3 is 14.7 Å². The number of nitrogens with zero attached hydrogens (tertiary/aromatic N) is 1. The van der Waals surface area contributed by atoms with Gasteiger partial charge in [-0.3, -0.25) is 4.79 Å². The first-order valence-electron chi connectivity index (χ1n) is 13.3. The molecule has 0 aliphatic carbocycles. The molecule has 0 spiro atoms. The van der Waals surface area contributed by atoms with E-state index in [9.17, 15) is 14.7 Å². The molecule has 0 aliphatic heterocycles. The van der Waals surface area contributed by atoms with Crippen molar-refractivity contribution in [2.45, 2.75) is 19.4 Å². The van der Waals surface area contributed by atoms with Crippen molar-refractivity contribution in [3.63, 3.8) is 0 Å². The minimum absolute atomic E-state index is 0.0564. The highest BCUT2D eigenvalue weighted by molar-refractivity contribution is 5.98. The molecule has 0 unspecified atom stereocenters. The summed E-state index contributed by atoms with van der Waals surface area (Å²) in [4.78, 5) is 26.6. The minimum atomic E-state index is -1.03. The first-order valence-corrected chi connectivity index (χ1v) is 13.3. The van der Waals surface area contributed by atoms with Crippen LogP contribution in [0, 0.1) is 0 Å². The lowest BCUT2D eigenvalue weighted by molar-refractivity contribution is -0.129. The van der Waals surface area contributed by atoms with Gasteiger partial charge in [0.25, 0.3) is 0 Å². The average Bonchev–Trinajstić information content (AvgIpc) is 2.99. The Kier molecular flexibility index (Phi) is 8.21. The van der Waals surface area contributed by atoms with Crippen LogP contribution in [-0.2, 0) is 24.2 Å². The molecule has 5 aromatic carbocycles.